The third kappa shape index (κ3) is 5.80. The number of hydrogen-bond donors (Lipinski definition) is 4. The van der Waals surface area contributed by atoms with Crippen LogP contribution >= 0.6 is 0 Å². The fourth-order valence-corrected chi connectivity index (χ4v) is 2.27. The molecule has 2 atom stereocenters. The number of phenols is 4. The van der Waals surface area contributed by atoms with Crippen molar-refractivity contribution in [3.05, 3.63) is 47.5 Å². The first-order valence-electron chi connectivity index (χ1n) is 8.34. The molecule has 4 rings (SSSR count). The summed E-state index contributed by atoms with van der Waals surface area (Å²) in [5, 5.41) is 37.5. The van der Waals surface area contributed by atoms with Gasteiger partial charge >= 0.3 is 0 Å². The Morgan fingerprint density at radius 3 is 1.54 bits per heavy atom. The third-order valence-electron chi connectivity index (χ3n) is 3.93. The summed E-state index contributed by atoms with van der Waals surface area (Å²) in [6, 6.07) is 8.58. The molecule has 0 aliphatic carbocycles. The van der Waals surface area contributed by atoms with E-state index in [1.807, 2.05) is 0 Å². The van der Waals surface area contributed by atoms with Gasteiger partial charge in [-0.2, -0.15) is 0 Å². The fourth-order valence-electron chi connectivity index (χ4n) is 2.27. The Hall–Kier alpha value is -2.48. The van der Waals surface area contributed by atoms with E-state index in [-0.39, 0.29) is 23.0 Å². The van der Waals surface area contributed by atoms with Gasteiger partial charge in [-0.15, -0.1) is 0 Å². The van der Waals surface area contributed by atoms with Gasteiger partial charge in [-0.3, -0.25) is 0 Å². The summed E-state index contributed by atoms with van der Waals surface area (Å²) in [6.45, 7) is 3.26. The number of ether oxygens (including phenoxy) is 3. The Morgan fingerprint density at radius 1 is 0.769 bits per heavy atom. The molecule has 2 aromatic rings. The van der Waals surface area contributed by atoms with Gasteiger partial charge in [-0.1, -0.05) is 12.1 Å². The zero-order valence-corrected chi connectivity index (χ0v) is 14.2. The standard InChI is InChI=1S/C13H12O4.C6H10O3/c14-10-3-1-8(12(16)6-10)5-9-2-4-11(15)7-13(9)17;1(5-3-8-5)7-2-6-4-9-6/h1-4,6-7,14-17H,5H2;5-6H,1-4H2. The Bertz CT molecular complexity index is 677. The van der Waals surface area contributed by atoms with Crippen molar-refractivity contribution in [1.82, 2.24) is 0 Å². The molecule has 2 heterocycles. The third-order valence-corrected chi connectivity index (χ3v) is 3.93. The summed E-state index contributed by atoms with van der Waals surface area (Å²) in [5.74, 6) is -0.0858. The molecule has 0 saturated carbocycles. The minimum absolute atomic E-state index is 0.0128. The predicted molar refractivity (Wildman–Crippen MR) is 92.6 cm³/mol. The smallest absolute Gasteiger partial charge is 0.122 e. The first kappa shape index (κ1) is 18.3. The van der Waals surface area contributed by atoms with Gasteiger partial charge in [0.05, 0.1) is 26.4 Å². The molecule has 0 spiro atoms. The topological polar surface area (TPSA) is 115 Å². The fraction of sp³-hybridized carbons (Fsp3) is 0.368. The number of rotatable bonds is 6. The number of aromatic hydroxyl groups is 4. The van der Waals surface area contributed by atoms with Crippen molar-refractivity contribution in [3.8, 4) is 23.0 Å². The van der Waals surface area contributed by atoms with Crippen LogP contribution in [0.1, 0.15) is 11.1 Å². The number of phenolic OH excluding ortho intramolecular Hbond substituents is 4. The van der Waals surface area contributed by atoms with Crippen molar-refractivity contribution in [2.75, 3.05) is 26.4 Å². The first-order valence-corrected chi connectivity index (χ1v) is 8.34. The Morgan fingerprint density at radius 2 is 1.19 bits per heavy atom. The van der Waals surface area contributed by atoms with Gasteiger partial charge in [0, 0.05) is 18.6 Å². The highest BCUT2D eigenvalue weighted by Crippen LogP contribution is 2.29. The molecule has 2 unspecified atom stereocenters. The van der Waals surface area contributed by atoms with Crippen LogP contribution < -0.4 is 0 Å². The summed E-state index contributed by atoms with van der Waals surface area (Å²) >= 11 is 0. The van der Waals surface area contributed by atoms with Crippen LogP contribution in [0.25, 0.3) is 0 Å². The van der Waals surface area contributed by atoms with E-state index in [1.165, 1.54) is 24.3 Å². The van der Waals surface area contributed by atoms with E-state index in [2.05, 4.69) is 0 Å². The minimum Gasteiger partial charge on any atom is -0.508 e. The molecule has 4 N–H and O–H groups in total. The summed E-state index contributed by atoms with van der Waals surface area (Å²) in [7, 11) is 0. The summed E-state index contributed by atoms with van der Waals surface area (Å²) in [4.78, 5) is 0. The Labute approximate surface area is 151 Å². The highest BCUT2D eigenvalue weighted by molar-refractivity contribution is 5.46. The number of hydrogen-bond acceptors (Lipinski definition) is 7. The predicted octanol–water partition coefficient (Wildman–Crippen LogP) is 1.90. The van der Waals surface area contributed by atoms with Gasteiger partial charge in [-0.05, 0) is 23.3 Å². The Kier molecular flexibility index (Phi) is 5.82. The number of benzene rings is 2. The van der Waals surface area contributed by atoms with Gasteiger partial charge in [0.1, 0.15) is 35.2 Å². The van der Waals surface area contributed by atoms with E-state index in [1.54, 1.807) is 12.1 Å². The highest BCUT2D eigenvalue weighted by atomic mass is 16.6. The molecule has 2 saturated heterocycles. The largest absolute Gasteiger partial charge is 0.508 e. The van der Waals surface area contributed by atoms with Crippen molar-refractivity contribution in [2.24, 2.45) is 0 Å². The lowest BCUT2D eigenvalue weighted by Gasteiger charge is -2.07. The zero-order valence-electron chi connectivity index (χ0n) is 14.2. The molecule has 0 bridgehead atoms. The van der Waals surface area contributed by atoms with E-state index >= 15 is 0 Å². The summed E-state index contributed by atoms with van der Waals surface area (Å²) in [6.07, 6.45) is 1.10. The van der Waals surface area contributed by atoms with Gasteiger partial charge in [-0.25, -0.2) is 0 Å². The average Bonchev–Trinajstić information content (AvgIpc) is 3.48. The van der Waals surface area contributed by atoms with Crippen molar-refractivity contribution in [1.29, 1.82) is 0 Å². The monoisotopic (exact) mass is 362 g/mol. The van der Waals surface area contributed by atoms with E-state index in [4.69, 9.17) is 24.4 Å². The molecule has 2 fully saturated rings. The molecular formula is C19H22O7. The van der Waals surface area contributed by atoms with Crippen LogP contribution in [0.15, 0.2) is 36.4 Å². The van der Waals surface area contributed by atoms with E-state index in [0.29, 0.717) is 29.8 Å². The first-order chi connectivity index (χ1) is 12.5. The van der Waals surface area contributed by atoms with E-state index in [0.717, 1.165) is 26.4 Å². The molecule has 7 heteroatoms. The second kappa shape index (κ2) is 8.27. The molecule has 140 valence electrons. The maximum absolute atomic E-state index is 9.61. The molecule has 26 heavy (non-hydrogen) atoms. The maximum Gasteiger partial charge on any atom is 0.122 e. The van der Waals surface area contributed by atoms with Gasteiger partial charge < -0.3 is 34.6 Å². The average molecular weight is 362 g/mol. The second-order valence-corrected chi connectivity index (χ2v) is 6.25. The lowest BCUT2D eigenvalue weighted by atomic mass is 10.0. The normalized spacial score (nSPS) is 20.2. The minimum atomic E-state index is -0.0301. The zero-order chi connectivity index (χ0) is 18.5. The second-order valence-electron chi connectivity index (χ2n) is 6.25. The van der Waals surface area contributed by atoms with Crippen LogP contribution in [-0.4, -0.2) is 59.1 Å². The molecule has 2 aromatic carbocycles. The van der Waals surface area contributed by atoms with Crippen molar-refractivity contribution < 1.29 is 34.6 Å². The summed E-state index contributed by atoms with van der Waals surface area (Å²) < 4.78 is 15.1. The highest BCUT2D eigenvalue weighted by Gasteiger charge is 2.26. The van der Waals surface area contributed by atoms with Crippen LogP contribution in [0.4, 0.5) is 0 Å². The molecular weight excluding hydrogens is 340 g/mol. The van der Waals surface area contributed by atoms with E-state index in [9.17, 15) is 10.2 Å². The molecule has 0 amide bonds. The Balaban J connectivity index is 0.000000181. The van der Waals surface area contributed by atoms with Crippen LogP contribution in [0.5, 0.6) is 23.0 Å². The molecule has 2 aliphatic heterocycles. The molecule has 2 aliphatic rings. The van der Waals surface area contributed by atoms with Crippen LogP contribution in [-0.2, 0) is 20.6 Å². The lowest BCUT2D eigenvalue weighted by molar-refractivity contribution is 0.102. The van der Waals surface area contributed by atoms with Crippen molar-refractivity contribution in [3.63, 3.8) is 0 Å². The molecule has 0 radical (unpaired) electrons. The van der Waals surface area contributed by atoms with Crippen molar-refractivity contribution >= 4 is 0 Å². The summed E-state index contributed by atoms with van der Waals surface area (Å²) in [5.41, 5.74) is 1.17. The maximum atomic E-state index is 9.61. The number of epoxide rings is 2. The van der Waals surface area contributed by atoms with Gasteiger partial charge in [0.25, 0.3) is 0 Å². The van der Waals surface area contributed by atoms with E-state index < -0.39 is 0 Å². The van der Waals surface area contributed by atoms with Crippen LogP contribution in [0.2, 0.25) is 0 Å². The van der Waals surface area contributed by atoms with Crippen LogP contribution in [0, 0.1) is 0 Å². The van der Waals surface area contributed by atoms with Gasteiger partial charge in [0.15, 0.2) is 0 Å². The quantitative estimate of drug-likeness (QED) is 0.580. The SMILES string of the molecule is C(OCC1CO1)C1CO1.Oc1ccc(Cc2ccc(O)cc2O)c(O)c1. The lowest BCUT2D eigenvalue weighted by Crippen LogP contribution is -2.06. The molecule has 7 nitrogen and oxygen atoms in total. The van der Waals surface area contributed by atoms with Crippen molar-refractivity contribution in [2.45, 2.75) is 18.6 Å². The van der Waals surface area contributed by atoms with Gasteiger partial charge in [0.2, 0.25) is 0 Å². The molecule has 0 aromatic heterocycles. The van der Waals surface area contributed by atoms with Crippen LogP contribution in [0.3, 0.4) is 0 Å².